The summed E-state index contributed by atoms with van der Waals surface area (Å²) in [6.45, 7) is 7.26. The molecular formula is C22H28N2O2S2. The van der Waals surface area contributed by atoms with Crippen molar-refractivity contribution in [3.63, 3.8) is 0 Å². The molecule has 28 heavy (non-hydrogen) atoms. The third-order valence-electron chi connectivity index (χ3n) is 6.06. The molecule has 2 heterocycles. The van der Waals surface area contributed by atoms with Gasteiger partial charge < -0.3 is 10.0 Å². The third kappa shape index (κ3) is 3.70. The van der Waals surface area contributed by atoms with Crippen molar-refractivity contribution in [2.24, 2.45) is 5.41 Å². The van der Waals surface area contributed by atoms with Crippen LogP contribution in [0.15, 0.2) is 18.2 Å². The van der Waals surface area contributed by atoms with Crippen LogP contribution in [0.1, 0.15) is 59.5 Å². The SMILES string of the molecule is CC1(C)CCc2sc(-c3ccc(N4CCCC4)cc3CNS)c(C(=O)O)c2C1. The van der Waals surface area contributed by atoms with Gasteiger partial charge in [-0.25, -0.2) is 4.79 Å². The Morgan fingerprint density at radius 2 is 2.07 bits per heavy atom. The van der Waals surface area contributed by atoms with E-state index in [-0.39, 0.29) is 5.41 Å². The fraction of sp³-hybridized carbons (Fsp3) is 0.500. The van der Waals surface area contributed by atoms with Crippen LogP contribution >= 0.6 is 24.2 Å². The van der Waals surface area contributed by atoms with E-state index >= 15 is 0 Å². The predicted octanol–water partition coefficient (Wildman–Crippen LogP) is 5.16. The number of carboxylic acid groups (broad SMARTS) is 1. The number of anilines is 1. The van der Waals surface area contributed by atoms with E-state index in [2.05, 4.69) is 54.5 Å². The average molecular weight is 417 g/mol. The summed E-state index contributed by atoms with van der Waals surface area (Å²) in [5.74, 6) is -0.807. The second-order valence-electron chi connectivity index (χ2n) is 8.72. The van der Waals surface area contributed by atoms with E-state index in [0.717, 1.165) is 53.9 Å². The van der Waals surface area contributed by atoms with Crippen LogP contribution in [0.25, 0.3) is 10.4 Å². The van der Waals surface area contributed by atoms with E-state index in [1.165, 1.54) is 23.4 Å². The zero-order valence-electron chi connectivity index (χ0n) is 16.5. The number of thiophene rings is 1. The lowest BCUT2D eigenvalue weighted by Crippen LogP contribution is -2.22. The monoisotopic (exact) mass is 416 g/mol. The average Bonchev–Trinajstić information content (AvgIpc) is 3.28. The molecule has 1 aromatic heterocycles. The zero-order chi connectivity index (χ0) is 19.9. The molecule has 0 amide bonds. The van der Waals surface area contributed by atoms with Crippen molar-refractivity contribution in [1.29, 1.82) is 0 Å². The number of carbonyl (C=O) groups is 1. The Bertz CT molecular complexity index is 898. The first-order chi connectivity index (χ1) is 13.4. The molecule has 1 aliphatic heterocycles. The quantitative estimate of drug-likeness (QED) is 0.589. The van der Waals surface area contributed by atoms with Gasteiger partial charge in [-0.3, -0.25) is 4.72 Å². The molecule has 0 spiro atoms. The highest BCUT2D eigenvalue weighted by atomic mass is 32.1. The summed E-state index contributed by atoms with van der Waals surface area (Å²) in [6.07, 6.45) is 5.39. The molecule has 1 aliphatic carbocycles. The Hall–Kier alpha value is -1.50. The first-order valence-electron chi connectivity index (χ1n) is 10.0. The second kappa shape index (κ2) is 7.73. The standard InChI is InChI=1S/C22H28N2O2S2/c1-22(2)8-7-18-17(12-22)19(21(25)26)20(28-18)16-6-5-15(11-14(16)13-23-27)24-9-3-4-10-24/h5-6,11,23,27H,3-4,7-10,12-13H2,1-2H3,(H,25,26). The lowest BCUT2D eigenvalue weighted by molar-refractivity contribution is 0.0696. The van der Waals surface area contributed by atoms with E-state index in [1.54, 1.807) is 11.3 Å². The summed E-state index contributed by atoms with van der Waals surface area (Å²) in [4.78, 5) is 16.8. The number of hydrogen-bond donors (Lipinski definition) is 3. The molecule has 0 radical (unpaired) electrons. The van der Waals surface area contributed by atoms with Crippen molar-refractivity contribution in [3.8, 4) is 10.4 Å². The van der Waals surface area contributed by atoms with Crippen LogP contribution in [-0.4, -0.2) is 24.2 Å². The molecule has 0 unspecified atom stereocenters. The van der Waals surface area contributed by atoms with Gasteiger partial charge in [0.05, 0.1) is 5.56 Å². The van der Waals surface area contributed by atoms with E-state index < -0.39 is 5.97 Å². The number of nitrogens with zero attached hydrogens (tertiary/aromatic N) is 1. The van der Waals surface area contributed by atoms with Crippen molar-refractivity contribution in [1.82, 2.24) is 4.72 Å². The van der Waals surface area contributed by atoms with Crippen molar-refractivity contribution in [3.05, 3.63) is 39.8 Å². The van der Waals surface area contributed by atoms with Gasteiger partial charge in [-0.05, 0) is 66.3 Å². The highest BCUT2D eigenvalue weighted by molar-refractivity contribution is 7.78. The van der Waals surface area contributed by atoms with Crippen LogP contribution in [-0.2, 0) is 19.4 Å². The molecule has 2 aliphatic rings. The molecular weight excluding hydrogens is 388 g/mol. The third-order valence-corrected chi connectivity index (χ3v) is 7.55. The Morgan fingerprint density at radius 3 is 2.75 bits per heavy atom. The van der Waals surface area contributed by atoms with Crippen LogP contribution < -0.4 is 9.62 Å². The molecule has 4 rings (SSSR count). The highest BCUT2D eigenvalue weighted by Crippen LogP contribution is 2.46. The van der Waals surface area contributed by atoms with Gasteiger partial charge in [-0.15, -0.1) is 11.3 Å². The van der Waals surface area contributed by atoms with Crippen LogP contribution in [0.5, 0.6) is 0 Å². The predicted molar refractivity (Wildman–Crippen MR) is 120 cm³/mol. The number of fused-ring (bicyclic) bond motifs is 1. The number of nitrogens with one attached hydrogen (secondary N) is 1. The maximum Gasteiger partial charge on any atom is 0.337 e. The van der Waals surface area contributed by atoms with Crippen molar-refractivity contribution >= 4 is 35.8 Å². The number of rotatable bonds is 5. The van der Waals surface area contributed by atoms with Gasteiger partial charge in [0.25, 0.3) is 0 Å². The molecule has 6 heteroatoms. The molecule has 1 aromatic carbocycles. The number of aryl methyl sites for hydroxylation is 1. The van der Waals surface area contributed by atoms with Crippen molar-refractivity contribution < 1.29 is 9.90 Å². The summed E-state index contributed by atoms with van der Waals surface area (Å²) in [5, 5.41) is 10.1. The van der Waals surface area contributed by atoms with E-state index in [4.69, 9.17) is 0 Å². The normalized spacial score (nSPS) is 18.3. The summed E-state index contributed by atoms with van der Waals surface area (Å²) in [7, 11) is 0. The molecule has 4 nitrogen and oxygen atoms in total. The van der Waals surface area contributed by atoms with Crippen LogP contribution in [0, 0.1) is 5.41 Å². The first-order valence-corrected chi connectivity index (χ1v) is 11.3. The minimum absolute atomic E-state index is 0.157. The second-order valence-corrected chi connectivity index (χ2v) is 10.1. The molecule has 150 valence electrons. The highest BCUT2D eigenvalue weighted by Gasteiger charge is 2.33. The van der Waals surface area contributed by atoms with Crippen molar-refractivity contribution in [2.45, 2.75) is 52.5 Å². The van der Waals surface area contributed by atoms with E-state index in [0.29, 0.717) is 12.1 Å². The molecule has 0 atom stereocenters. The van der Waals surface area contributed by atoms with Gasteiger partial charge in [-0.1, -0.05) is 32.7 Å². The maximum absolute atomic E-state index is 12.3. The Kier molecular flexibility index (Phi) is 5.47. The number of aromatic carboxylic acids is 1. The largest absolute Gasteiger partial charge is 0.478 e. The first kappa shape index (κ1) is 19.8. The number of benzene rings is 1. The van der Waals surface area contributed by atoms with Crippen molar-refractivity contribution in [2.75, 3.05) is 18.0 Å². The summed E-state index contributed by atoms with van der Waals surface area (Å²) < 4.78 is 2.97. The molecule has 1 fully saturated rings. The number of thiol groups is 1. The Labute approximate surface area is 176 Å². The number of hydrogen-bond acceptors (Lipinski definition) is 5. The van der Waals surface area contributed by atoms with Gasteiger partial charge in [-0.2, -0.15) is 0 Å². The minimum Gasteiger partial charge on any atom is -0.478 e. The van der Waals surface area contributed by atoms with Crippen LogP contribution in [0.4, 0.5) is 5.69 Å². The summed E-state index contributed by atoms with van der Waals surface area (Å²) in [5.41, 5.74) is 5.09. The fourth-order valence-electron chi connectivity index (χ4n) is 4.54. The maximum atomic E-state index is 12.3. The summed E-state index contributed by atoms with van der Waals surface area (Å²) in [6, 6.07) is 6.47. The topological polar surface area (TPSA) is 52.6 Å². The number of carboxylic acids is 1. The Morgan fingerprint density at radius 1 is 1.32 bits per heavy atom. The smallest absolute Gasteiger partial charge is 0.337 e. The molecule has 2 aromatic rings. The molecule has 0 saturated carbocycles. The van der Waals surface area contributed by atoms with E-state index in [1.807, 2.05) is 0 Å². The zero-order valence-corrected chi connectivity index (χ0v) is 18.3. The fourth-order valence-corrected chi connectivity index (χ4v) is 6.08. The van der Waals surface area contributed by atoms with Crippen LogP contribution in [0.2, 0.25) is 0 Å². The lowest BCUT2D eigenvalue weighted by atomic mass is 9.76. The van der Waals surface area contributed by atoms with Gasteiger partial charge in [0.1, 0.15) is 0 Å². The minimum atomic E-state index is -0.807. The molecule has 0 bridgehead atoms. The van der Waals surface area contributed by atoms with Gasteiger partial charge in [0, 0.05) is 35.1 Å². The molecule has 1 saturated heterocycles. The summed E-state index contributed by atoms with van der Waals surface area (Å²) >= 11 is 5.90. The van der Waals surface area contributed by atoms with E-state index in [9.17, 15) is 9.90 Å². The van der Waals surface area contributed by atoms with Crippen LogP contribution in [0.3, 0.4) is 0 Å². The van der Waals surface area contributed by atoms with Gasteiger partial charge in [0.2, 0.25) is 0 Å². The lowest BCUT2D eigenvalue weighted by Gasteiger charge is -2.29. The Balaban J connectivity index is 1.82. The molecule has 2 N–H and O–H groups in total. The van der Waals surface area contributed by atoms with Gasteiger partial charge >= 0.3 is 5.97 Å². The van der Waals surface area contributed by atoms with Gasteiger partial charge in [0.15, 0.2) is 0 Å².